The van der Waals surface area contributed by atoms with E-state index in [-0.39, 0.29) is 11.8 Å². The van der Waals surface area contributed by atoms with Gasteiger partial charge in [0.1, 0.15) is 0 Å². The Morgan fingerprint density at radius 3 is 2.32 bits per heavy atom. The highest BCUT2D eigenvalue weighted by molar-refractivity contribution is 6.30. The molecule has 0 atom stereocenters. The highest BCUT2D eigenvalue weighted by atomic mass is 16.2. The maximum atomic E-state index is 11.9. The molecule has 0 N–H and O–H groups in total. The van der Waals surface area contributed by atoms with Crippen molar-refractivity contribution >= 4 is 28.3 Å². The van der Waals surface area contributed by atoms with Gasteiger partial charge >= 0.3 is 0 Å². The van der Waals surface area contributed by atoms with Crippen molar-refractivity contribution in [1.82, 2.24) is 0 Å². The van der Waals surface area contributed by atoms with Crippen LogP contribution in [0.3, 0.4) is 0 Å². The smallest absolute Gasteiger partial charge is 0.258 e. The quantitative estimate of drug-likeness (QED) is 0.770. The molecule has 19 heavy (non-hydrogen) atoms. The van der Waals surface area contributed by atoms with Gasteiger partial charge in [-0.1, -0.05) is 43.3 Å². The number of benzene rings is 2. The Kier molecular flexibility index (Phi) is 2.67. The van der Waals surface area contributed by atoms with Crippen LogP contribution in [0.5, 0.6) is 0 Å². The molecule has 3 heteroatoms. The number of hydrogen-bond acceptors (Lipinski definition) is 2. The second-order valence-corrected chi connectivity index (χ2v) is 4.49. The Hall–Kier alpha value is -2.42. The lowest BCUT2D eigenvalue weighted by Gasteiger charge is -2.20. The van der Waals surface area contributed by atoms with Crippen LogP contribution in [0.2, 0.25) is 0 Å². The molecule has 1 heterocycles. The van der Waals surface area contributed by atoms with E-state index in [0.29, 0.717) is 0 Å². The number of carbonyl (C=O) groups is 2. The molecule has 0 radical (unpaired) electrons. The molecule has 2 amide bonds. The molecule has 1 aliphatic rings. The largest absolute Gasteiger partial charge is 0.269 e. The van der Waals surface area contributed by atoms with Crippen molar-refractivity contribution in [3.05, 3.63) is 54.1 Å². The summed E-state index contributed by atoms with van der Waals surface area (Å²) in [7, 11) is 0. The Labute approximate surface area is 111 Å². The molecule has 1 aliphatic heterocycles. The third-order valence-electron chi connectivity index (χ3n) is 3.40. The molecule has 0 bridgehead atoms. The molecule has 0 aromatic heterocycles. The van der Waals surface area contributed by atoms with Gasteiger partial charge in [-0.2, -0.15) is 0 Å². The fraction of sp³-hybridized carbons (Fsp3) is 0.125. The van der Waals surface area contributed by atoms with E-state index < -0.39 is 0 Å². The van der Waals surface area contributed by atoms with Crippen LogP contribution in [0, 0.1) is 0 Å². The molecule has 3 nitrogen and oxygen atoms in total. The van der Waals surface area contributed by atoms with E-state index in [1.807, 2.05) is 43.3 Å². The van der Waals surface area contributed by atoms with Crippen molar-refractivity contribution in [1.29, 1.82) is 0 Å². The first-order chi connectivity index (χ1) is 9.22. The minimum Gasteiger partial charge on any atom is -0.269 e. The molecule has 0 aliphatic carbocycles. The standard InChI is InChI=1S/C16H13NO2/c1-2-11-7-8-12-5-3-4-6-13(12)16(11)17-14(18)9-10-15(17)19/h3-10H,2H2,1H3. The monoisotopic (exact) mass is 251 g/mol. The molecule has 0 fully saturated rings. The number of nitrogens with zero attached hydrogens (tertiary/aromatic N) is 1. The summed E-state index contributed by atoms with van der Waals surface area (Å²) in [6.45, 7) is 2.02. The van der Waals surface area contributed by atoms with Gasteiger partial charge in [-0.15, -0.1) is 0 Å². The van der Waals surface area contributed by atoms with Gasteiger partial charge in [0.05, 0.1) is 5.69 Å². The lowest BCUT2D eigenvalue weighted by Crippen LogP contribution is -2.30. The minimum absolute atomic E-state index is 0.268. The molecule has 94 valence electrons. The number of aryl methyl sites for hydroxylation is 1. The first-order valence-corrected chi connectivity index (χ1v) is 6.29. The number of fused-ring (bicyclic) bond motifs is 1. The molecule has 2 aromatic carbocycles. The molecular weight excluding hydrogens is 238 g/mol. The van der Waals surface area contributed by atoms with Crippen LogP contribution < -0.4 is 4.90 Å². The second kappa shape index (κ2) is 4.35. The second-order valence-electron chi connectivity index (χ2n) is 4.49. The summed E-state index contributed by atoms with van der Waals surface area (Å²) in [5.74, 6) is -0.535. The average molecular weight is 251 g/mol. The minimum atomic E-state index is -0.268. The number of anilines is 1. The zero-order valence-corrected chi connectivity index (χ0v) is 10.6. The van der Waals surface area contributed by atoms with Crippen molar-refractivity contribution in [3.8, 4) is 0 Å². The molecule has 0 saturated carbocycles. The third kappa shape index (κ3) is 1.74. The maximum absolute atomic E-state index is 11.9. The summed E-state index contributed by atoms with van der Waals surface area (Å²) >= 11 is 0. The molecule has 0 saturated heterocycles. The van der Waals surface area contributed by atoms with Crippen LogP contribution in [-0.2, 0) is 16.0 Å². The van der Waals surface area contributed by atoms with Crippen molar-refractivity contribution in [2.75, 3.05) is 4.90 Å². The lowest BCUT2D eigenvalue weighted by atomic mass is 10.0. The normalized spacial score (nSPS) is 14.7. The van der Waals surface area contributed by atoms with E-state index in [1.54, 1.807) is 0 Å². The highest BCUT2D eigenvalue weighted by Gasteiger charge is 2.28. The van der Waals surface area contributed by atoms with Crippen LogP contribution in [0.25, 0.3) is 10.8 Å². The number of amides is 2. The van der Waals surface area contributed by atoms with E-state index in [9.17, 15) is 9.59 Å². The van der Waals surface area contributed by atoms with E-state index in [1.165, 1.54) is 17.1 Å². The topological polar surface area (TPSA) is 37.4 Å². The van der Waals surface area contributed by atoms with Crippen molar-refractivity contribution in [2.24, 2.45) is 0 Å². The first-order valence-electron chi connectivity index (χ1n) is 6.29. The van der Waals surface area contributed by atoms with Crippen LogP contribution >= 0.6 is 0 Å². The predicted molar refractivity (Wildman–Crippen MR) is 75.0 cm³/mol. The highest BCUT2D eigenvalue weighted by Crippen LogP contribution is 2.33. The van der Waals surface area contributed by atoms with Gasteiger partial charge in [0.25, 0.3) is 11.8 Å². The Morgan fingerprint density at radius 2 is 1.63 bits per heavy atom. The summed E-state index contributed by atoms with van der Waals surface area (Å²) in [6, 6.07) is 11.8. The van der Waals surface area contributed by atoms with E-state index >= 15 is 0 Å². The average Bonchev–Trinajstić information content (AvgIpc) is 2.77. The Bertz CT molecular complexity index is 698. The van der Waals surface area contributed by atoms with Gasteiger partial charge in [-0.3, -0.25) is 9.59 Å². The van der Waals surface area contributed by atoms with Crippen molar-refractivity contribution in [3.63, 3.8) is 0 Å². The molecule has 0 unspecified atom stereocenters. The Morgan fingerprint density at radius 1 is 0.947 bits per heavy atom. The zero-order chi connectivity index (χ0) is 13.4. The lowest BCUT2D eigenvalue weighted by molar-refractivity contribution is -0.119. The number of rotatable bonds is 2. The summed E-state index contributed by atoms with van der Waals surface area (Å²) in [4.78, 5) is 25.1. The summed E-state index contributed by atoms with van der Waals surface area (Å²) < 4.78 is 0. The zero-order valence-electron chi connectivity index (χ0n) is 10.6. The SMILES string of the molecule is CCc1ccc2ccccc2c1N1C(=O)C=CC1=O. The maximum Gasteiger partial charge on any atom is 0.258 e. The Balaban J connectivity index is 2.32. The fourth-order valence-electron chi connectivity index (χ4n) is 2.47. The fourth-order valence-corrected chi connectivity index (χ4v) is 2.47. The van der Waals surface area contributed by atoms with Gasteiger partial charge in [0.2, 0.25) is 0 Å². The number of hydrogen-bond donors (Lipinski definition) is 0. The summed E-state index contributed by atoms with van der Waals surface area (Å²) in [6.07, 6.45) is 3.42. The molecular formula is C16H13NO2. The van der Waals surface area contributed by atoms with Crippen LogP contribution in [0.15, 0.2) is 48.6 Å². The summed E-state index contributed by atoms with van der Waals surface area (Å²) in [5, 5.41) is 1.97. The van der Waals surface area contributed by atoms with Crippen molar-refractivity contribution < 1.29 is 9.59 Å². The van der Waals surface area contributed by atoms with Crippen LogP contribution in [-0.4, -0.2) is 11.8 Å². The first kappa shape index (κ1) is 11.7. The molecule has 3 rings (SSSR count). The van der Waals surface area contributed by atoms with Gasteiger partial charge in [0.15, 0.2) is 0 Å². The van der Waals surface area contributed by atoms with Crippen LogP contribution in [0.4, 0.5) is 5.69 Å². The number of imide groups is 1. The van der Waals surface area contributed by atoms with Gasteiger partial charge < -0.3 is 0 Å². The number of carbonyl (C=O) groups excluding carboxylic acids is 2. The van der Waals surface area contributed by atoms with Gasteiger partial charge in [-0.05, 0) is 17.4 Å². The molecule has 2 aromatic rings. The van der Waals surface area contributed by atoms with E-state index in [0.717, 1.165) is 28.4 Å². The predicted octanol–water partition coefficient (Wildman–Crippen LogP) is 2.83. The summed E-state index contributed by atoms with van der Waals surface area (Å²) in [5.41, 5.74) is 1.73. The van der Waals surface area contributed by atoms with Gasteiger partial charge in [0, 0.05) is 17.5 Å². The van der Waals surface area contributed by atoms with Crippen molar-refractivity contribution in [2.45, 2.75) is 13.3 Å². The van der Waals surface area contributed by atoms with E-state index in [2.05, 4.69) is 0 Å². The van der Waals surface area contributed by atoms with Gasteiger partial charge in [-0.25, -0.2) is 4.90 Å². The van der Waals surface area contributed by atoms with E-state index in [4.69, 9.17) is 0 Å². The van der Waals surface area contributed by atoms with Crippen LogP contribution in [0.1, 0.15) is 12.5 Å². The molecule has 0 spiro atoms. The third-order valence-corrected chi connectivity index (χ3v) is 3.40.